The lowest BCUT2D eigenvalue weighted by molar-refractivity contribution is 0.411. The summed E-state index contributed by atoms with van der Waals surface area (Å²) in [6.45, 7) is 0.306. The maximum atomic E-state index is 14.7. The smallest absolute Gasteiger partial charge is 0.268 e. The average molecular weight is 480 g/mol. The van der Waals surface area contributed by atoms with Crippen molar-refractivity contribution in [3.8, 4) is 17.0 Å². The van der Waals surface area contributed by atoms with E-state index in [1.54, 1.807) is 13.1 Å². The molecular weight excluding hydrogens is 462 g/mol. The number of rotatable bonds is 6. The Kier molecular flexibility index (Phi) is 7.59. The number of halogens is 4. The first-order valence-electron chi connectivity index (χ1n) is 8.19. The summed E-state index contributed by atoms with van der Waals surface area (Å²) in [5.74, 6) is -0.450. The molecule has 0 bridgehead atoms. The summed E-state index contributed by atoms with van der Waals surface area (Å²) in [5, 5.41) is 3.27. The maximum Gasteiger partial charge on any atom is 0.268 e. The number of hydrogen-bond acceptors (Lipinski definition) is 4. The fourth-order valence-corrected chi connectivity index (χ4v) is 4.88. The van der Waals surface area contributed by atoms with Gasteiger partial charge < -0.3 is 10.1 Å². The summed E-state index contributed by atoms with van der Waals surface area (Å²) in [5.41, 5.74) is 0.481. The van der Waals surface area contributed by atoms with Gasteiger partial charge in [-0.1, -0.05) is 35.3 Å². The zero-order chi connectivity index (χ0) is 20.5. The van der Waals surface area contributed by atoms with Crippen LogP contribution in [0.15, 0.2) is 53.6 Å². The van der Waals surface area contributed by atoms with Crippen molar-refractivity contribution in [1.29, 1.82) is 0 Å². The van der Waals surface area contributed by atoms with Gasteiger partial charge in [-0.3, -0.25) is 0 Å². The van der Waals surface area contributed by atoms with Gasteiger partial charge in [-0.15, -0.1) is 12.4 Å². The van der Waals surface area contributed by atoms with E-state index >= 15 is 0 Å². The predicted octanol–water partition coefficient (Wildman–Crippen LogP) is 4.99. The first kappa shape index (κ1) is 23.5. The molecule has 10 heteroatoms. The van der Waals surface area contributed by atoms with Crippen molar-refractivity contribution in [3.05, 3.63) is 70.1 Å². The molecule has 156 valence electrons. The van der Waals surface area contributed by atoms with E-state index in [1.165, 1.54) is 49.7 Å². The van der Waals surface area contributed by atoms with Gasteiger partial charge in [0.05, 0.1) is 22.6 Å². The average Bonchev–Trinajstić information content (AvgIpc) is 3.01. The lowest BCUT2D eigenvalue weighted by Gasteiger charge is -2.14. The number of methoxy groups -OCH3 is 1. The van der Waals surface area contributed by atoms with E-state index in [0.29, 0.717) is 12.1 Å². The Balaban J connectivity index is 0.00000300. The Bertz CT molecular complexity index is 1110. The molecule has 0 aliphatic carbocycles. The van der Waals surface area contributed by atoms with E-state index in [4.69, 9.17) is 27.9 Å². The summed E-state index contributed by atoms with van der Waals surface area (Å²) in [7, 11) is -1.01. The van der Waals surface area contributed by atoms with Crippen LogP contribution in [0.5, 0.6) is 5.75 Å². The number of nitrogens with zero attached hydrogens (tertiary/aromatic N) is 1. The molecule has 0 fully saturated rings. The van der Waals surface area contributed by atoms with E-state index in [2.05, 4.69) is 5.32 Å². The zero-order valence-corrected chi connectivity index (χ0v) is 18.6. The van der Waals surface area contributed by atoms with Crippen LogP contribution < -0.4 is 10.1 Å². The molecule has 3 rings (SSSR count). The molecule has 0 unspecified atom stereocenters. The number of aromatic nitrogens is 1. The van der Waals surface area contributed by atoms with Crippen LogP contribution in [0.1, 0.15) is 5.56 Å². The number of ether oxygens (including phenoxy) is 1. The Labute approximate surface area is 184 Å². The van der Waals surface area contributed by atoms with Gasteiger partial charge in [-0.25, -0.2) is 16.8 Å². The molecule has 0 saturated carbocycles. The second-order valence-corrected chi connectivity index (χ2v) is 8.58. The molecule has 1 heterocycles. The van der Waals surface area contributed by atoms with E-state index in [0.717, 1.165) is 3.97 Å². The van der Waals surface area contributed by atoms with Crippen LogP contribution in [0.4, 0.5) is 4.39 Å². The third-order valence-electron chi connectivity index (χ3n) is 4.12. The largest absolute Gasteiger partial charge is 0.494 e. The summed E-state index contributed by atoms with van der Waals surface area (Å²) in [6, 6.07) is 9.98. The van der Waals surface area contributed by atoms with Crippen LogP contribution >= 0.6 is 35.6 Å². The molecule has 0 aliphatic rings. The molecule has 0 amide bonds. The minimum absolute atomic E-state index is 0. The van der Waals surface area contributed by atoms with Crippen molar-refractivity contribution >= 4 is 45.6 Å². The third-order valence-corrected chi connectivity index (χ3v) is 6.33. The van der Waals surface area contributed by atoms with Crippen LogP contribution in [0.3, 0.4) is 0 Å². The second-order valence-electron chi connectivity index (χ2n) is 5.92. The predicted molar refractivity (Wildman–Crippen MR) is 115 cm³/mol. The van der Waals surface area contributed by atoms with Gasteiger partial charge in [-0.2, -0.15) is 0 Å². The maximum absolute atomic E-state index is 14.7. The van der Waals surface area contributed by atoms with Gasteiger partial charge in [0.15, 0.2) is 0 Å². The number of nitrogens with one attached hydrogen (secondary N) is 1. The third kappa shape index (κ3) is 4.39. The van der Waals surface area contributed by atoms with Gasteiger partial charge in [0.1, 0.15) is 17.3 Å². The molecule has 29 heavy (non-hydrogen) atoms. The van der Waals surface area contributed by atoms with Gasteiger partial charge >= 0.3 is 0 Å². The lowest BCUT2D eigenvalue weighted by Crippen LogP contribution is -2.14. The quantitative estimate of drug-likeness (QED) is 0.541. The Hall–Kier alpha value is -1.77. The Morgan fingerprint density at radius 3 is 2.45 bits per heavy atom. The topological polar surface area (TPSA) is 60.3 Å². The van der Waals surface area contributed by atoms with Gasteiger partial charge in [0.25, 0.3) is 10.0 Å². The van der Waals surface area contributed by atoms with Gasteiger partial charge in [0, 0.05) is 23.3 Å². The molecule has 3 aromatic rings. The van der Waals surface area contributed by atoms with Crippen LogP contribution in [-0.4, -0.2) is 26.5 Å². The first-order valence-corrected chi connectivity index (χ1v) is 10.4. The highest BCUT2D eigenvalue weighted by Crippen LogP contribution is 2.42. The summed E-state index contributed by atoms with van der Waals surface area (Å²) in [4.78, 5) is -0.0395. The fraction of sp³-hybridized carbons (Fsp3) is 0.158. The Morgan fingerprint density at radius 1 is 1.17 bits per heavy atom. The monoisotopic (exact) mass is 478 g/mol. The van der Waals surface area contributed by atoms with Crippen LogP contribution in [-0.2, 0) is 16.6 Å². The van der Waals surface area contributed by atoms with E-state index in [1.807, 2.05) is 0 Å². The summed E-state index contributed by atoms with van der Waals surface area (Å²) < 4.78 is 47.8. The normalized spacial score (nSPS) is 11.2. The van der Waals surface area contributed by atoms with Crippen LogP contribution in [0.25, 0.3) is 11.3 Å². The highest BCUT2D eigenvalue weighted by atomic mass is 35.5. The molecular formula is C19H18Cl3FN2O3S. The summed E-state index contributed by atoms with van der Waals surface area (Å²) >= 11 is 12.2. The molecule has 0 atom stereocenters. The minimum atomic E-state index is -4.10. The van der Waals surface area contributed by atoms with Crippen molar-refractivity contribution in [2.24, 2.45) is 0 Å². The van der Waals surface area contributed by atoms with Crippen molar-refractivity contribution in [2.75, 3.05) is 14.2 Å². The van der Waals surface area contributed by atoms with Crippen molar-refractivity contribution in [3.63, 3.8) is 0 Å². The van der Waals surface area contributed by atoms with E-state index < -0.39 is 15.8 Å². The van der Waals surface area contributed by atoms with E-state index in [-0.39, 0.29) is 44.4 Å². The SMILES string of the molecule is CNCc1cn(S(=O)(=O)c2cccc(Cl)c2)c(-c2c(F)cccc2Cl)c1OC.Cl. The zero-order valence-electron chi connectivity index (χ0n) is 15.4. The fourth-order valence-electron chi connectivity index (χ4n) is 2.94. The van der Waals surface area contributed by atoms with E-state index in [9.17, 15) is 12.8 Å². The molecule has 5 nitrogen and oxygen atoms in total. The lowest BCUT2D eigenvalue weighted by atomic mass is 10.1. The standard InChI is InChI=1S/C19H17Cl2FN2O3S.ClH/c1-23-10-12-11-24(28(25,26)14-6-3-5-13(20)9-14)18(19(12)27-2)17-15(21)7-4-8-16(17)22;/h3-9,11,23H,10H2,1-2H3;1H. The minimum Gasteiger partial charge on any atom is -0.494 e. The molecule has 0 radical (unpaired) electrons. The van der Waals surface area contributed by atoms with Crippen molar-refractivity contribution in [2.45, 2.75) is 11.4 Å². The Morgan fingerprint density at radius 2 is 1.86 bits per heavy atom. The molecule has 1 aromatic heterocycles. The molecule has 1 N–H and O–H groups in total. The number of benzene rings is 2. The highest BCUT2D eigenvalue weighted by Gasteiger charge is 2.29. The molecule has 0 saturated heterocycles. The van der Waals surface area contributed by atoms with Gasteiger partial charge in [-0.05, 0) is 37.4 Å². The van der Waals surface area contributed by atoms with Crippen LogP contribution in [0.2, 0.25) is 10.0 Å². The van der Waals surface area contributed by atoms with Crippen molar-refractivity contribution in [1.82, 2.24) is 9.29 Å². The molecule has 0 aliphatic heterocycles. The second kappa shape index (κ2) is 9.36. The molecule has 0 spiro atoms. The van der Waals surface area contributed by atoms with Crippen molar-refractivity contribution < 1.29 is 17.5 Å². The highest BCUT2D eigenvalue weighted by molar-refractivity contribution is 7.90. The first-order chi connectivity index (χ1) is 13.3. The van der Waals surface area contributed by atoms with Gasteiger partial charge in [0.2, 0.25) is 0 Å². The van der Waals surface area contributed by atoms with Crippen LogP contribution in [0, 0.1) is 5.82 Å². The number of hydrogen-bond donors (Lipinski definition) is 1. The molecule has 2 aromatic carbocycles. The summed E-state index contributed by atoms with van der Waals surface area (Å²) in [6.07, 6.45) is 1.39.